The van der Waals surface area contributed by atoms with Gasteiger partial charge in [-0.3, -0.25) is 4.79 Å². The van der Waals surface area contributed by atoms with Crippen molar-refractivity contribution in [1.29, 1.82) is 0 Å². The van der Waals surface area contributed by atoms with E-state index in [4.69, 9.17) is 14.2 Å². The molecule has 0 radical (unpaired) electrons. The van der Waals surface area contributed by atoms with Crippen LogP contribution in [0.4, 0.5) is 4.53 Å². The quantitative estimate of drug-likeness (QED) is 0.860. The Labute approximate surface area is 123 Å². The lowest BCUT2D eigenvalue weighted by Crippen LogP contribution is -2.19. The molecule has 0 saturated heterocycles. The summed E-state index contributed by atoms with van der Waals surface area (Å²) in [4.78, 5) is 27.0. The fourth-order valence-corrected chi connectivity index (χ4v) is 2.51. The van der Waals surface area contributed by atoms with Gasteiger partial charge in [0.2, 0.25) is 18.0 Å². The molecule has 0 saturated carbocycles. The molecular formula is C14H12FNO6. The topological polar surface area (TPSA) is 76.0 Å². The fourth-order valence-electron chi connectivity index (χ4n) is 2.51. The van der Waals surface area contributed by atoms with E-state index in [1.165, 1.54) is 19.4 Å². The molecule has 1 aliphatic rings. The Hall–Kier alpha value is -2.77. The average molecular weight is 309 g/mol. The van der Waals surface area contributed by atoms with E-state index in [-0.39, 0.29) is 12.2 Å². The summed E-state index contributed by atoms with van der Waals surface area (Å²) >= 11 is 0. The maximum absolute atomic E-state index is 12.4. The van der Waals surface area contributed by atoms with Crippen molar-refractivity contribution in [2.45, 2.75) is 13.5 Å². The van der Waals surface area contributed by atoms with Crippen molar-refractivity contribution < 1.29 is 28.5 Å². The highest BCUT2D eigenvalue weighted by Crippen LogP contribution is 2.45. The predicted molar refractivity (Wildman–Crippen MR) is 73.1 cm³/mol. The lowest BCUT2D eigenvalue weighted by Gasteiger charge is -2.15. The van der Waals surface area contributed by atoms with E-state index in [0.717, 1.165) is 0 Å². The average Bonchev–Trinajstić information content (AvgIpc) is 3.01. The monoisotopic (exact) mass is 309 g/mol. The molecule has 1 aromatic carbocycles. The van der Waals surface area contributed by atoms with E-state index < -0.39 is 17.0 Å². The second kappa shape index (κ2) is 5.21. The van der Waals surface area contributed by atoms with Gasteiger partial charge in [0.15, 0.2) is 11.5 Å². The Morgan fingerprint density at radius 1 is 1.45 bits per heavy atom. The van der Waals surface area contributed by atoms with Crippen molar-refractivity contribution in [2.75, 3.05) is 13.9 Å². The van der Waals surface area contributed by atoms with Crippen LogP contribution in [0.2, 0.25) is 0 Å². The molecule has 116 valence electrons. The summed E-state index contributed by atoms with van der Waals surface area (Å²) in [5, 5.41) is 0.158. The number of methoxy groups -OCH3 is 1. The molecule has 0 unspecified atom stereocenters. The second-order valence-electron chi connectivity index (χ2n) is 4.56. The summed E-state index contributed by atoms with van der Waals surface area (Å²) in [7, 11) is 1.44. The number of carbonyl (C=O) groups excluding carboxylic acids is 1. The minimum atomic E-state index is -1.34. The zero-order chi connectivity index (χ0) is 15.9. The Bertz CT molecular complexity index is 828. The molecule has 0 amide bonds. The number of nitrogens with zero attached hydrogens (tertiary/aromatic N) is 1. The minimum Gasteiger partial charge on any atom is -0.491 e. The van der Waals surface area contributed by atoms with Gasteiger partial charge in [-0.1, -0.05) is 0 Å². The van der Waals surface area contributed by atoms with Gasteiger partial charge >= 0.3 is 5.97 Å². The van der Waals surface area contributed by atoms with Gasteiger partial charge in [0.1, 0.15) is 5.56 Å². The van der Waals surface area contributed by atoms with Gasteiger partial charge in [-0.05, 0) is 13.0 Å². The first-order valence-electron chi connectivity index (χ1n) is 6.49. The number of benzene rings is 1. The van der Waals surface area contributed by atoms with Crippen LogP contribution in [-0.2, 0) is 11.5 Å². The number of aromatic nitrogens is 1. The van der Waals surface area contributed by atoms with Crippen LogP contribution < -0.4 is 19.6 Å². The van der Waals surface area contributed by atoms with Crippen molar-refractivity contribution >= 4 is 16.9 Å². The number of fused-ring (bicyclic) bond motifs is 2. The number of ether oxygens (including phenoxy) is 3. The lowest BCUT2D eigenvalue weighted by molar-refractivity contribution is -0.0789. The van der Waals surface area contributed by atoms with Crippen LogP contribution in [0.15, 0.2) is 17.1 Å². The third kappa shape index (κ3) is 1.87. The number of hydrogen-bond donors (Lipinski definition) is 0. The van der Waals surface area contributed by atoms with Crippen molar-refractivity contribution in [3.63, 3.8) is 0 Å². The molecule has 0 bridgehead atoms. The number of rotatable bonds is 3. The standard InChI is InChI=1S/C14H12FNO6/c1-3-16-5-8(14(18)22-15)11(17)7-4-9-12(21-6-20-9)13(19-2)10(7)16/h4-5H,3,6H2,1-2H3. The third-order valence-electron chi connectivity index (χ3n) is 3.49. The smallest absolute Gasteiger partial charge is 0.384 e. The molecular weight excluding hydrogens is 297 g/mol. The van der Waals surface area contributed by atoms with Gasteiger partial charge < -0.3 is 18.8 Å². The second-order valence-corrected chi connectivity index (χ2v) is 4.56. The van der Waals surface area contributed by atoms with Crippen LogP contribution in [0.1, 0.15) is 17.3 Å². The van der Waals surface area contributed by atoms with E-state index in [2.05, 4.69) is 4.94 Å². The van der Waals surface area contributed by atoms with Crippen LogP contribution in [0.3, 0.4) is 0 Å². The van der Waals surface area contributed by atoms with Crippen molar-refractivity contribution in [3.8, 4) is 17.2 Å². The van der Waals surface area contributed by atoms with Gasteiger partial charge in [-0.25, -0.2) is 9.74 Å². The van der Waals surface area contributed by atoms with Gasteiger partial charge in [0.25, 0.3) is 0 Å². The molecule has 2 aromatic rings. The predicted octanol–water partition coefficient (Wildman–Crippen LogP) is 1.80. The maximum Gasteiger partial charge on any atom is 0.384 e. The first-order chi connectivity index (χ1) is 10.6. The molecule has 0 N–H and O–H groups in total. The van der Waals surface area contributed by atoms with Crippen LogP contribution >= 0.6 is 0 Å². The van der Waals surface area contributed by atoms with Crippen LogP contribution in [0, 0.1) is 0 Å². The third-order valence-corrected chi connectivity index (χ3v) is 3.49. The Kier molecular flexibility index (Phi) is 3.36. The van der Waals surface area contributed by atoms with Crippen molar-refractivity contribution in [1.82, 2.24) is 4.57 Å². The fraction of sp³-hybridized carbons (Fsp3) is 0.286. The van der Waals surface area contributed by atoms with E-state index in [1.807, 2.05) is 0 Å². The van der Waals surface area contributed by atoms with Crippen LogP contribution in [0.25, 0.3) is 10.9 Å². The van der Waals surface area contributed by atoms with Crippen molar-refractivity contribution in [2.24, 2.45) is 0 Å². The summed E-state index contributed by atoms with van der Waals surface area (Å²) in [6.07, 6.45) is 1.23. The molecule has 22 heavy (non-hydrogen) atoms. The molecule has 1 aromatic heterocycles. The molecule has 8 heteroatoms. The maximum atomic E-state index is 12.4. The Balaban J connectivity index is 2.46. The normalized spacial score (nSPS) is 12.5. The molecule has 0 aliphatic carbocycles. The first kappa shape index (κ1) is 14.2. The molecule has 2 heterocycles. The summed E-state index contributed by atoms with van der Waals surface area (Å²) in [5.74, 6) is -0.304. The number of pyridine rings is 1. The summed E-state index contributed by atoms with van der Waals surface area (Å²) in [6, 6.07) is 1.45. The lowest BCUT2D eigenvalue weighted by atomic mass is 10.1. The highest BCUT2D eigenvalue weighted by molar-refractivity contribution is 5.97. The van der Waals surface area contributed by atoms with E-state index >= 15 is 0 Å². The summed E-state index contributed by atoms with van der Waals surface area (Å²) in [5.41, 5.74) is -0.633. The molecule has 0 fully saturated rings. The SMILES string of the molecule is CCn1cc(C(=O)OF)c(=O)c2cc3c(c(OC)c21)OCO3. The van der Waals surface area contributed by atoms with Gasteiger partial charge in [0.05, 0.1) is 18.0 Å². The number of hydrogen-bond acceptors (Lipinski definition) is 6. The molecule has 0 atom stereocenters. The van der Waals surface area contributed by atoms with E-state index in [9.17, 15) is 14.1 Å². The van der Waals surface area contributed by atoms with Crippen LogP contribution in [-0.4, -0.2) is 24.4 Å². The largest absolute Gasteiger partial charge is 0.491 e. The highest BCUT2D eigenvalue weighted by Gasteiger charge is 2.27. The zero-order valence-corrected chi connectivity index (χ0v) is 11.8. The summed E-state index contributed by atoms with van der Waals surface area (Å²) in [6.45, 7) is 2.22. The van der Waals surface area contributed by atoms with E-state index in [0.29, 0.717) is 29.3 Å². The number of halogens is 1. The molecule has 0 spiro atoms. The van der Waals surface area contributed by atoms with Gasteiger partial charge in [-0.2, -0.15) is 0 Å². The molecule has 1 aliphatic heterocycles. The van der Waals surface area contributed by atoms with Gasteiger partial charge in [0, 0.05) is 17.3 Å². The highest BCUT2D eigenvalue weighted by atomic mass is 19.3. The Morgan fingerprint density at radius 2 is 2.23 bits per heavy atom. The van der Waals surface area contributed by atoms with Crippen LogP contribution in [0.5, 0.6) is 17.2 Å². The Morgan fingerprint density at radius 3 is 2.86 bits per heavy atom. The van der Waals surface area contributed by atoms with Crippen molar-refractivity contribution in [3.05, 3.63) is 28.0 Å². The number of aryl methyl sites for hydroxylation is 1. The van der Waals surface area contributed by atoms with Gasteiger partial charge in [-0.15, -0.1) is 0 Å². The summed E-state index contributed by atoms with van der Waals surface area (Å²) < 4.78 is 29.7. The minimum absolute atomic E-state index is 0.00170. The molecule has 7 nitrogen and oxygen atoms in total. The first-order valence-corrected chi connectivity index (χ1v) is 6.49. The zero-order valence-electron chi connectivity index (χ0n) is 11.8. The van der Waals surface area contributed by atoms with E-state index in [1.54, 1.807) is 11.5 Å². The number of carbonyl (C=O) groups is 1. The molecule has 3 rings (SSSR count).